The first-order valence-corrected chi connectivity index (χ1v) is 10.9. The Balaban J connectivity index is 1.76. The van der Waals surface area contributed by atoms with E-state index in [4.69, 9.17) is 4.74 Å². The number of ether oxygens (including phenoxy) is 1. The molecular weight excluding hydrogens is 394 g/mol. The lowest BCUT2D eigenvalue weighted by molar-refractivity contribution is -0.133. The summed E-state index contributed by atoms with van der Waals surface area (Å²) in [5.41, 5.74) is 8.21. The van der Waals surface area contributed by atoms with Gasteiger partial charge in [0.25, 0.3) is 0 Å². The first-order valence-electron chi connectivity index (χ1n) is 10.9. The monoisotopic (exact) mass is 419 g/mol. The first kappa shape index (κ1) is 20.1. The molecule has 3 nitrogen and oxygen atoms in total. The Bertz CT molecular complexity index is 1340. The zero-order chi connectivity index (χ0) is 22.1. The van der Waals surface area contributed by atoms with Gasteiger partial charge in [-0.2, -0.15) is 0 Å². The van der Waals surface area contributed by atoms with Gasteiger partial charge >= 0.3 is 5.97 Å². The van der Waals surface area contributed by atoms with Gasteiger partial charge in [-0.25, -0.2) is 4.79 Å². The summed E-state index contributed by atoms with van der Waals surface area (Å²) in [5.74, 6) is -0.167. The molecule has 1 atom stereocenters. The molecule has 0 radical (unpaired) electrons. The average molecular weight is 420 g/mol. The highest BCUT2D eigenvalue weighted by Crippen LogP contribution is 2.46. The highest BCUT2D eigenvalue weighted by Gasteiger charge is 2.34. The third-order valence-corrected chi connectivity index (χ3v) is 6.21. The first-order chi connectivity index (χ1) is 15.7. The molecule has 5 rings (SSSR count). The number of hydrogen-bond donors (Lipinski definition) is 1. The van der Waals surface area contributed by atoms with E-state index in [2.05, 4.69) is 78.7 Å². The molecule has 1 aliphatic rings. The number of carbonyl (C=O) groups is 1. The van der Waals surface area contributed by atoms with Gasteiger partial charge < -0.3 is 9.72 Å². The summed E-state index contributed by atoms with van der Waals surface area (Å²) in [5, 5.41) is 1.17. The molecule has 0 saturated heterocycles. The normalized spacial score (nSPS) is 15.9. The van der Waals surface area contributed by atoms with E-state index in [1.165, 1.54) is 29.2 Å². The molecule has 3 aromatic carbocycles. The fourth-order valence-corrected chi connectivity index (χ4v) is 4.69. The van der Waals surface area contributed by atoms with Crippen LogP contribution in [0.5, 0.6) is 0 Å². The minimum absolute atomic E-state index is 0.144. The number of fused-ring (bicyclic) bond motifs is 3. The van der Waals surface area contributed by atoms with Gasteiger partial charge in [0.15, 0.2) is 0 Å². The maximum atomic E-state index is 13.0. The Morgan fingerprint density at radius 2 is 1.69 bits per heavy atom. The van der Waals surface area contributed by atoms with Crippen LogP contribution in [0, 0.1) is 6.92 Å². The van der Waals surface area contributed by atoms with Crippen molar-refractivity contribution in [2.45, 2.75) is 19.3 Å². The largest absolute Gasteiger partial charge is 0.465 e. The number of aromatic nitrogens is 1. The Morgan fingerprint density at radius 3 is 2.41 bits per heavy atom. The maximum Gasteiger partial charge on any atom is 0.340 e. The third kappa shape index (κ3) is 3.56. The molecule has 0 amide bonds. The molecule has 4 aromatic rings. The average Bonchev–Trinajstić information content (AvgIpc) is 3.21. The van der Waals surface area contributed by atoms with E-state index in [1.54, 1.807) is 0 Å². The van der Waals surface area contributed by atoms with Crippen LogP contribution in [0.15, 0.2) is 90.5 Å². The van der Waals surface area contributed by atoms with Crippen molar-refractivity contribution in [1.82, 2.24) is 4.98 Å². The zero-order valence-corrected chi connectivity index (χ0v) is 18.3. The van der Waals surface area contributed by atoms with Gasteiger partial charge in [-0.15, -0.1) is 0 Å². The van der Waals surface area contributed by atoms with Crippen molar-refractivity contribution >= 4 is 28.5 Å². The summed E-state index contributed by atoms with van der Waals surface area (Å²) >= 11 is 0. The van der Waals surface area contributed by atoms with E-state index >= 15 is 0 Å². The Kier molecular flexibility index (Phi) is 5.24. The van der Waals surface area contributed by atoms with Gasteiger partial charge in [0.05, 0.1) is 18.4 Å². The molecule has 1 heterocycles. The standard InChI is InChI=1S/C29H25NO2/c1-19-13-16-25-24(17-19)27-23(21-11-7-4-8-12-21)18-22(15-14-20-9-5-3-6-10-20)26(28(27)30-25)29(31)32-2/h3-17,23,30H,18H2,1-2H3/b15-14+. The van der Waals surface area contributed by atoms with Gasteiger partial charge in [0, 0.05) is 16.8 Å². The van der Waals surface area contributed by atoms with Crippen LogP contribution in [0.3, 0.4) is 0 Å². The fraction of sp³-hybridized carbons (Fsp3) is 0.138. The lowest BCUT2D eigenvalue weighted by Gasteiger charge is -2.26. The number of allylic oxidation sites excluding steroid dienone is 2. The zero-order valence-electron chi connectivity index (χ0n) is 18.3. The predicted octanol–water partition coefficient (Wildman–Crippen LogP) is 6.65. The van der Waals surface area contributed by atoms with Crippen molar-refractivity contribution in [2.24, 2.45) is 0 Å². The van der Waals surface area contributed by atoms with E-state index in [0.29, 0.717) is 5.57 Å². The molecule has 0 bridgehead atoms. The number of carbonyl (C=O) groups excluding carboxylic acids is 1. The van der Waals surface area contributed by atoms with Crippen LogP contribution < -0.4 is 0 Å². The van der Waals surface area contributed by atoms with Crippen LogP contribution in [-0.4, -0.2) is 18.1 Å². The number of aromatic amines is 1. The number of methoxy groups -OCH3 is 1. The van der Waals surface area contributed by atoms with E-state index in [1.807, 2.05) is 24.3 Å². The molecule has 0 aliphatic heterocycles. The molecule has 0 fully saturated rings. The van der Waals surface area contributed by atoms with Crippen molar-refractivity contribution in [1.29, 1.82) is 0 Å². The highest BCUT2D eigenvalue weighted by atomic mass is 16.5. The van der Waals surface area contributed by atoms with Gasteiger partial charge in [-0.05, 0) is 47.7 Å². The number of benzene rings is 3. The maximum absolute atomic E-state index is 13.0. The van der Waals surface area contributed by atoms with E-state index < -0.39 is 0 Å². The van der Waals surface area contributed by atoms with E-state index in [0.717, 1.165) is 28.8 Å². The second kappa shape index (κ2) is 8.35. The predicted molar refractivity (Wildman–Crippen MR) is 130 cm³/mol. The van der Waals surface area contributed by atoms with Crippen LogP contribution in [0.4, 0.5) is 0 Å². The van der Waals surface area contributed by atoms with Crippen molar-refractivity contribution in [2.75, 3.05) is 7.11 Å². The minimum Gasteiger partial charge on any atom is -0.465 e. The summed E-state index contributed by atoms with van der Waals surface area (Å²) in [6.45, 7) is 2.10. The molecular formula is C29H25NO2. The van der Waals surface area contributed by atoms with Gasteiger partial charge in [0.1, 0.15) is 0 Å². The summed E-state index contributed by atoms with van der Waals surface area (Å²) < 4.78 is 5.24. The van der Waals surface area contributed by atoms with E-state index in [-0.39, 0.29) is 11.9 Å². The summed E-state index contributed by atoms with van der Waals surface area (Å²) in [6.07, 6.45) is 4.86. The molecule has 32 heavy (non-hydrogen) atoms. The molecule has 1 aromatic heterocycles. The van der Waals surface area contributed by atoms with Gasteiger partial charge in [-0.1, -0.05) is 84.4 Å². The van der Waals surface area contributed by atoms with Crippen molar-refractivity contribution < 1.29 is 9.53 Å². The van der Waals surface area contributed by atoms with Crippen molar-refractivity contribution in [3.63, 3.8) is 0 Å². The van der Waals surface area contributed by atoms with Crippen LogP contribution in [-0.2, 0) is 9.53 Å². The number of rotatable bonds is 4. The van der Waals surface area contributed by atoms with Crippen LogP contribution in [0.1, 0.15) is 40.3 Å². The number of nitrogens with one attached hydrogen (secondary N) is 1. The topological polar surface area (TPSA) is 42.1 Å². The molecule has 1 aliphatic carbocycles. The number of hydrogen-bond acceptors (Lipinski definition) is 2. The molecule has 0 spiro atoms. The van der Waals surface area contributed by atoms with Gasteiger partial charge in [-0.3, -0.25) is 0 Å². The smallest absolute Gasteiger partial charge is 0.340 e. The molecule has 0 saturated carbocycles. The lowest BCUT2D eigenvalue weighted by atomic mass is 9.77. The Hall–Kier alpha value is -3.85. The lowest BCUT2D eigenvalue weighted by Crippen LogP contribution is -2.16. The van der Waals surface area contributed by atoms with Crippen molar-refractivity contribution in [3.8, 4) is 0 Å². The minimum atomic E-state index is -0.311. The number of H-pyrrole nitrogens is 1. The summed E-state index contributed by atoms with van der Waals surface area (Å²) in [7, 11) is 1.45. The number of esters is 1. The summed E-state index contributed by atoms with van der Waals surface area (Å²) in [6, 6.07) is 27.1. The fourth-order valence-electron chi connectivity index (χ4n) is 4.69. The molecule has 1 unspecified atom stereocenters. The molecule has 3 heteroatoms. The Morgan fingerprint density at radius 1 is 0.969 bits per heavy atom. The second-order valence-corrected chi connectivity index (χ2v) is 8.27. The van der Waals surface area contributed by atoms with Crippen molar-refractivity contribution in [3.05, 3.63) is 118 Å². The molecule has 1 N–H and O–H groups in total. The molecule has 158 valence electrons. The number of aryl methyl sites for hydroxylation is 1. The van der Waals surface area contributed by atoms with E-state index in [9.17, 15) is 4.79 Å². The van der Waals surface area contributed by atoms with Gasteiger partial charge in [0.2, 0.25) is 0 Å². The van der Waals surface area contributed by atoms with Crippen LogP contribution >= 0.6 is 0 Å². The Labute approximate surface area is 188 Å². The summed E-state index contributed by atoms with van der Waals surface area (Å²) in [4.78, 5) is 16.5. The van der Waals surface area contributed by atoms with Crippen LogP contribution in [0.2, 0.25) is 0 Å². The quantitative estimate of drug-likeness (QED) is 0.376. The SMILES string of the molecule is COC(=O)C1=C(/C=C/c2ccccc2)CC(c2ccccc2)c2c1[nH]c1ccc(C)cc21. The highest BCUT2D eigenvalue weighted by molar-refractivity contribution is 6.20. The third-order valence-electron chi connectivity index (χ3n) is 6.21. The van der Waals surface area contributed by atoms with Crippen LogP contribution in [0.25, 0.3) is 22.6 Å². The second-order valence-electron chi connectivity index (χ2n) is 8.27.